The van der Waals surface area contributed by atoms with Crippen LogP contribution in [0.4, 0.5) is 0 Å². The number of rotatable bonds is 5. The largest absolute Gasteiger partial charge is 0.456 e. The molecule has 0 aliphatic carbocycles. The molecule has 0 unspecified atom stereocenters. The Morgan fingerprint density at radius 1 is 1.37 bits per heavy atom. The molecule has 0 bridgehead atoms. The lowest BCUT2D eigenvalue weighted by molar-refractivity contribution is -0.925. The van der Waals surface area contributed by atoms with Gasteiger partial charge in [-0.2, -0.15) is 0 Å². The fourth-order valence-electron chi connectivity index (χ4n) is 2.23. The molecule has 0 aromatic carbocycles. The van der Waals surface area contributed by atoms with Crippen molar-refractivity contribution in [3.05, 3.63) is 24.8 Å². The molecular weight excluding hydrogens is 242 g/mol. The van der Waals surface area contributed by atoms with Crippen molar-refractivity contribution in [2.45, 2.75) is 26.4 Å². The lowest BCUT2D eigenvalue weighted by atomic mass is 10.1. The van der Waals surface area contributed by atoms with Crippen LogP contribution in [0.2, 0.25) is 0 Å². The van der Waals surface area contributed by atoms with E-state index in [2.05, 4.69) is 13.2 Å². The number of quaternary nitrogens is 1. The van der Waals surface area contributed by atoms with Crippen LogP contribution in [-0.4, -0.2) is 55.4 Å². The minimum absolute atomic E-state index is 0.305. The van der Waals surface area contributed by atoms with Crippen LogP contribution in [0.3, 0.4) is 0 Å². The Balaban J connectivity index is 2.66. The van der Waals surface area contributed by atoms with Gasteiger partial charge < -0.3 is 14.0 Å². The highest BCUT2D eigenvalue weighted by Crippen LogP contribution is 2.17. The first-order valence-electron chi connectivity index (χ1n) is 6.73. The van der Waals surface area contributed by atoms with Crippen LogP contribution >= 0.6 is 0 Å². The van der Waals surface area contributed by atoms with Gasteiger partial charge in [-0.1, -0.05) is 13.2 Å². The normalized spacial score (nSPS) is 18.7. The Kier molecular flexibility index (Phi) is 5.32. The zero-order chi connectivity index (χ0) is 14.5. The maximum atomic E-state index is 12.0. The number of esters is 1. The van der Waals surface area contributed by atoms with Crippen LogP contribution in [0.1, 0.15) is 20.8 Å². The molecule has 1 heterocycles. The van der Waals surface area contributed by atoms with Crippen molar-refractivity contribution in [3.8, 4) is 0 Å². The molecule has 1 aliphatic rings. The van der Waals surface area contributed by atoms with E-state index >= 15 is 0 Å². The molecular formula is C15H26NO3+. The highest BCUT2D eigenvalue weighted by molar-refractivity contribution is 5.88. The van der Waals surface area contributed by atoms with E-state index in [4.69, 9.17) is 9.47 Å². The molecule has 0 N–H and O–H groups in total. The van der Waals surface area contributed by atoms with Crippen LogP contribution in [-0.2, 0) is 14.3 Å². The third-order valence-electron chi connectivity index (χ3n) is 3.15. The van der Waals surface area contributed by atoms with Crippen molar-refractivity contribution in [2.24, 2.45) is 0 Å². The number of ether oxygens (including phenoxy) is 2. The predicted molar refractivity (Wildman–Crippen MR) is 75.7 cm³/mol. The molecule has 1 aliphatic heterocycles. The first-order chi connectivity index (χ1) is 8.78. The standard InChI is InChI=1S/C15H26NO3/c1-6-7-16(8-10-18-11-9-16)12-13(2)14(17)19-15(3,4)5/h6H,1-2,7-12H2,3-5H3/q+1. The average Bonchev–Trinajstić information content (AvgIpc) is 2.28. The lowest BCUT2D eigenvalue weighted by Crippen LogP contribution is -2.56. The van der Waals surface area contributed by atoms with Gasteiger partial charge in [0.15, 0.2) is 0 Å². The Bertz CT molecular complexity index is 349. The first kappa shape index (κ1) is 15.9. The van der Waals surface area contributed by atoms with Crippen LogP contribution in [0.15, 0.2) is 24.8 Å². The minimum atomic E-state index is -0.478. The molecule has 19 heavy (non-hydrogen) atoms. The van der Waals surface area contributed by atoms with Gasteiger partial charge in [-0.05, 0) is 26.8 Å². The van der Waals surface area contributed by atoms with Crippen molar-refractivity contribution >= 4 is 5.97 Å². The van der Waals surface area contributed by atoms with E-state index in [1.807, 2.05) is 26.8 Å². The zero-order valence-corrected chi connectivity index (χ0v) is 12.4. The molecule has 4 heteroatoms. The number of hydrogen-bond donors (Lipinski definition) is 0. The summed E-state index contributed by atoms with van der Waals surface area (Å²) in [4.78, 5) is 12.0. The third-order valence-corrected chi connectivity index (χ3v) is 3.15. The number of hydrogen-bond acceptors (Lipinski definition) is 3. The van der Waals surface area contributed by atoms with Crippen LogP contribution in [0.25, 0.3) is 0 Å². The zero-order valence-electron chi connectivity index (χ0n) is 12.4. The monoisotopic (exact) mass is 268 g/mol. The molecule has 0 aromatic heterocycles. The SMILES string of the molecule is C=CC[N+]1(CC(=C)C(=O)OC(C)(C)C)CCOCC1. The van der Waals surface area contributed by atoms with Gasteiger partial charge in [0.25, 0.3) is 0 Å². The highest BCUT2D eigenvalue weighted by atomic mass is 16.6. The van der Waals surface area contributed by atoms with E-state index in [9.17, 15) is 4.79 Å². The van der Waals surface area contributed by atoms with Gasteiger partial charge in [0, 0.05) is 0 Å². The second-order valence-corrected chi connectivity index (χ2v) is 6.14. The van der Waals surface area contributed by atoms with Gasteiger partial charge >= 0.3 is 5.97 Å². The Hall–Kier alpha value is -1.13. The van der Waals surface area contributed by atoms with Crippen molar-refractivity contribution in [1.29, 1.82) is 0 Å². The molecule has 0 amide bonds. The summed E-state index contributed by atoms with van der Waals surface area (Å²) < 4.78 is 11.5. The molecule has 4 nitrogen and oxygen atoms in total. The highest BCUT2D eigenvalue weighted by Gasteiger charge is 2.32. The van der Waals surface area contributed by atoms with Crippen molar-refractivity contribution in [1.82, 2.24) is 0 Å². The number of carbonyl (C=O) groups is 1. The molecule has 1 rings (SSSR count). The maximum absolute atomic E-state index is 12.0. The second-order valence-electron chi connectivity index (χ2n) is 6.14. The third kappa shape index (κ3) is 5.17. The Morgan fingerprint density at radius 3 is 2.42 bits per heavy atom. The fraction of sp³-hybridized carbons (Fsp3) is 0.667. The van der Waals surface area contributed by atoms with Gasteiger partial charge in [0.05, 0.1) is 25.3 Å². The van der Waals surface area contributed by atoms with Crippen molar-refractivity contribution < 1.29 is 18.8 Å². The molecule has 108 valence electrons. The summed E-state index contributed by atoms with van der Waals surface area (Å²) >= 11 is 0. The van der Waals surface area contributed by atoms with Crippen LogP contribution in [0, 0.1) is 0 Å². The summed E-state index contributed by atoms with van der Waals surface area (Å²) in [6.45, 7) is 17.9. The number of carbonyl (C=O) groups excluding carboxylic acids is 1. The molecule has 1 saturated heterocycles. The number of nitrogens with zero attached hydrogens (tertiary/aromatic N) is 1. The van der Waals surface area contributed by atoms with Crippen molar-refractivity contribution in [2.75, 3.05) is 39.4 Å². The fourth-order valence-corrected chi connectivity index (χ4v) is 2.23. The second kappa shape index (κ2) is 6.35. The molecule has 0 atom stereocenters. The molecule has 1 fully saturated rings. The van der Waals surface area contributed by atoms with E-state index in [0.29, 0.717) is 12.1 Å². The predicted octanol–water partition coefficient (Wildman–Crippen LogP) is 1.92. The summed E-state index contributed by atoms with van der Waals surface area (Å²) in [6, 6.07) is 0. The molecule has 0 radical (unpaired) electrons. The molecule has 0 spiro atoms. The van der Waals surface area contributed by atoms with Gasteiger partial charge in [-0.15, -0.1) is 0 Å². The van der Waals surface area contributed by atoms with E-state index in [-0.39, 0.29) is 5.97 Å². The van der Waals surface area contributed by atoms with Gasteiger partial charge in [-0.3, -0.25) is 0 Å². The first-order valence-corrected chi connectivity index (χ1v) is 6.73. The Labute approximate surface area is 116 Å². The Morgan fingerprint density at radius 2 is 1.95 bits per heavy atom. The van der Waals surface area contributed by atoms with E-state index in [1.165, 1.54) is 0 Å². The average molecular weight is 268 g/mol. The summed E-state index contributed by atoms with van der Waals surface area (Å²) in [6.07, 6.45) is 1.90. The molecule has 0 saturated carbocycles. The maximum Gasteiger partial charge on any atom is 0.339 e. The van der Waals surface area contributed by atoms with E-state index in [1.54, 1.807) is 0 Å². The topological polar surface area (TPSA) is 35.5 Å². The lowest BCUT2D eigenvalue weighted by Gasteiger charge is -2.40. The summed E-state index contributed by atoms with van der Waals surface area (Å²) in [5.74, 6) is -0.305. The molecule has 0 aromatic rings. The van der Waals surface area contributed by atoms with E-state index in [0.717, 1.165) is 37.3 Å². The van der Waals surface area contributed by atoms with Crippen LogP contribution in [0.5, 0.6) is 0 Å². The minimum Gasteiger partial charge on any atom is -0.456 e. The quantitative estimate of drug-likeness (QED) is 0.331. The van der Waals surface area contributed by atoms with Crippen molar-refractivity contribution in [3.63, 3.8) is 0 Å². The van der Waals surface area contributed by atoms with Gasteiger partial charge in [0.1, 0.15) is 25.2 Å². The van der Waals surface area contributed by atoms with E-state index < -0.39 is 5.60 Å². The smallest absolute Gasteiger partial charge is 0.339 e. The van der Waals surface area contributed by atoms with Gasteiger partial charge in [0.2, 0.25) is 0 Å². The number of morpholine rings is 1. The van der Waals surface area contributed by atoms with Gasteiger partial charge in [-0.25, -0.2) is 4.79 Å². The van der Waals surface area contributed by atoms with Crippen LogP contribution < -0.4 is 0 Å². The summed E-state index contributed by atoms with van der Waals surface area (Å²) in [5, 5.41) is 0. The summed E-state index contributed by atoms with van der Waals surface area (Å²) in [7, 11) is 0. The summed E-state index contributed by atoms with van der Waals surface area (Å²) in [5.41, 5.74) is 0.0487.